The minimum atomic E-state index is 0.941. The van der Waals surface area contributed by atoms with Crippen LogP contribution in [0, 0.1) is 6.92 Å². The Morgan fingerprint density at radius 3 is 2.40 bits per heavy atom. The molecule has 0 aliphatic heterocycles. The number of benzene rings is 1. The lowest BCUT2D eigenvalue weighted by Gasteiger charge is -2.03. The van der Waals surface area contributed by atoms with Gasteiger partial charge in [-0.3, -0.25) is 0 Å². The van der Waals surface area contributed by atoms with Crippen LogP contribution in [0.5, 0.6) is 0 Å². The third-order valence-electron chi connectivity index (χ3n) is 2.36. The van der Waals surface area contributed by atoms with Crippen LogP contribution in [0.1, 0.15) is 16.7 Å². The zero-order chi connectivity index (χ0) is 10.5. The summed E-state index contributed by atoms with van der Waals surface area (Å²) in [5.41, 5.74) is 4.03. The molecule has 0 aliphatic carbocycles. The Bertz CT molecular complexity index is 389. The Balaban J connectivity index is 1.81. The minimum absolute atomic E-state index is 0.941. The molecule has 0 unspecified atom stereocenters. The second-order valence-corrected chi connectivity index (χ2v) is 4.50. The first-order valence-electron chi connectivity index (χ1n) is 5.12. The lowest BCUT2D eigenvalue weighted by Crippen LogP contribution is -2.11. The SMILES string of the molecule is Cc1ccc(CNCc2ccsc2)cc1. The van der Waals surface area contributed by atoms with Crippen molar-refractivity contribution in [2.45, 2.75) is 20.0 Å². The average molecular weight is 217 g/mol. The van der Waals surface area contributed by atoms with E-state index in [1.807, 2.05) is 0 Å². The maximum absolute atomic E-state index is 3.43. The van der Waals surface area contributed by atoms with Gasteiger partial charge in [-0.15, -0.1) is 0 Å². The maximum Gasteiger partial charge on any atom is 0.0216 e. The lowest BCUT2D eigenvalue weighted by atomic mass is 10.1. The molecule has 1 aromatic carbocycles. The number of hydrogen-bond acceptors (Lipinski definition) is 2. The van der Waals surface area contributed by atoms with E-state index in [4.69, 9.17) is 0 Å². The van der Waals surface area contributed by atoms with Gasteiger partial charge < -0.3 is 5.32 Å². The van der Waals surface area contributed by atoms with Crippen molar-refractivity contribution >= 4 is 11.3 Å². The van der Waals surface area contributed by atoms with Crippen LogP contribution in [0.4, 0.5) is 0 Å². The van der Waals surface area contributed by atoms with Gasteiger partial charge in [0.25, 0.3) is 0 Å². The summed E-state index contributed by atoms with van der Waals surface area (Å²) in [6.45, 7) is 4.01. The summed E-state index contributed by atoms with van der Waals surface area (Å²) < 4.78 is 0. The molecule has 78 valence electrons. The van der Waals surface area contributed by atoms with Crippen molar-refractivity contribution in [3.05, 3.63) is 57.8 Å². The number of hydrogen-bond donors (Lipinski definition) is 1. The first kappa shape index (κ1) is 10.4. The normalized spacial score (nSPS) is 10.5. The minimum Gasteiger partial charge on any atom is -0.309 e. The fraction of sp³-hybridized carbons (Fsp3) is 0.231. The van der Waals surface area contributed by atoms with Crippen LogP contribution in [-0.2, 0) is 13.1 Å². The number of aryl methyl sites for hydroxylation is 1. The van der Waals surface area contributed by atoms with Gasteiger partial charge in [0.1, 0.15) is 0 Å². The van der Waals surface area contributed by atoms with Crippen LogP contribution < -0.4 is 5.32 Å². The van der Waals surface area contributed by atoms with Gasteiger partial charge in [0.15, 0.2) is 0 Å². The molecule has 1 N–H and O–H groups in total. The van der Waals surface area contributed by atoms with Crippen molar-refractivity contribution < 1.29 is 0 Å². The predicted octanol–water partition coefficient (Wildman–Crippen LogP) is 3.35. The van der Waals surface area contributed by atoms with Crippen molar-refractivity contribution in [2.24, 2.45) is 0 Å². The number of thiophene rings is 1. The van der Waals surface area contributed by atoms with Gasteiger partial charge >= 0.3 is 0 Å². The summed E-state index contributed by atoms with van der Waals surface area (Å²) in [6, 6.07) is 10.8. The fourth-order valence-corrected chi connectivity index (χ4v) is 2.12. The molecule has 0 spiro atoms. The van der Waals surface area contributed by atoms with Crippen LogP contribution in [0.25, 0.3) is 0 Å². The first-order valence-corrected chi connectivity index (χ1v) is 6.06. The lowest BCUT2D eigenvalue weighted by molar-refractivity contribution is 0.695. The van der Waals surface area contributed by atoms with Crippen molar-refractivity contribution in [3.8, 4) is 0 Å². The van der Waals surface area contributed by atoms with E-state index in [1.54, 1.807) is 11.3 Å². The van der Waals surface area contributed by atoms with Crippen molar-refractivity contribution in [2.75, 3.05) is 0 Å². The Hall–Kier alpha value is -1.12. The van der Waals surface area contributed by atoms with E-state index in [-0.39, 0.29) is 0 Å². The molecule has 0 saturated heterocycles. The summed E-state index contributed by atoms with van der Waals surface area (Å²) in [6.07, 6.45) is 0. The second kappa shape index (κ2) is 5.10. The first-order chi connectivity index (χ1) is 7.34. The van der Waals surface area contributed by atoms with Crippen LogP contribution in [0.15, 0.2) is 41.1 Å². The molecule has 15 heavy (non-hydrogen) atoms. The molecule has 0 bridgehead atoms. The maximum atomic E-state index is 3.43. The van der Waals surface area contributed by atoms with E-state index in [9.17, 15) is 0 Å². The van der Waals surface area contributed by atoms with Crippen LogP contribution in [0.3, 0.4) is 0 Å². The molecule has 0 fully saturated rings. The van der Waals surface area contributed by atoms with E-state index in [2.05, 4.69) is 53.3 Å². The van der Waals surface area contributed by atoms with E-state index >= 15 is 0 Å². The van der Waals surface area contributed by atoms with Crippen LogP contribution >= 0.6 is 11.3 Å². The highest BCUT2D eigenvalue weighted by molar-refractivity contribution is 7.07. The fourth-order valence-electron chi connectivity index (χ4n) is 1.45. The van der Waals surface area contributed by atoms with Gasteiger partial charge in [-0.05, 0) is 34.9 Å². The summed E-state index contributed by atoms with van der Waals surface area (Å²) in [4.78, 5) is 0. The summed E-state index contributed by atoms with van der Waals surface area (Å²) >= 11 is 1.75. The smallest absolute Gasteiger partial charge is 0.0216 e. The van der Waals surface area contributed by atoms with Gasteiger partial charge in [-0.2, -0.15) is 11.3 Å². The van der Waals surface area contributed by atoms with E-state index in [0.717, 1.165) is 13.1 Å². The standard InChI is InChI=1S/C13H15NS/c1-11-2-4-12(5-3-11)8-14-9-13-6-7-15-10-13/h2-7,10,14H,8-9H2,1H3. The highest BCUT2D eigenvalue weighted by Gasteiger charge is 1.94. The Morgan fingerprint density at radius 1 is 1.00 bits per heavy atom. The van der Waals surface area contributed by atoms with E-state index < -0.39 is 0 Å². The van der Waals surface area contributed by atoms with Gasteiger partial charge in [0, 0.05) is 13.1 Å². The molecule has 0 atom stereocenters. The molecular weight excluding hydrogens is 202 g/mol. The highest BCUT2D eigenvalue weighted by Crippen LogP contribution is 2.06. The number of rotatable bonds is 4. The monoisotopic (exact) mass is 217 g/mol. The highest BCUT2D eigenvalue weighted by atomic mass is 32.1. The Kier molecular flexibility index (Phi) is 3.54. The van der Waals surface area contributed by atoms with Crippen LogP contribution in [0.2, 0.25) is 0 Å². The Morgan fingerprint density at radius 2 is 1.73 bits per heavy atom. The molecule has 1 nitrogen and oxygen atoms in total. The molecular formula is C13H15NS. The molecule has 2 heteroatoms. The molecule has 0 amide bonds. The summed E-state index contributed by atoms with van der Waals surface area (Å²) in [5, 5.41) is 7.73. The molecule has 2 rings (SSSR count). The quantitative estimate of drug-likeness (QED) is 0.828. The van der Waals surface area contributed by atoms with Gasteiger partial charge in [0.2, 0.25) is 0 Å². The van der Waals surface area contributed by atoms with E-state index in [0.29, 0.717) is 0 Å². The van der Waals surface area contributed by atoms with Crippen molar-refractivity contribution in [3.63, 3.8) is 0 Å². The predicted molar refractivity (Wildman–Crippen MR) is 66.0 cm³/mol. The summed E-state index contributed by atoms with van der Waals surface area (Å²) in [7, 11) is 0. The van der Waals surface area contributed by atoms with E-state index in [1.165, 1.54) is 16.7 Å². The molecule has 0 radical (unpaired) electrons. The van der Waals surface area contributed by atoms with Crippen LogP contribution in [-0.4, -0.2) is 0 Å². The zero-order valence-electron chi connectivity index (χ0n) is 8.86. The second-order valence-electron chi connectivity index (χ2n) is 3.72. The topological polar surface area (TPSA) is 12.0 Å². The van der Waals surface area contributed by atoms with Gasteiger partial charge in [0.05, 0.1) is 0 Å². The Labute approximate surface area is 94.8 Å². The third kappa shape index (κ3) is 3.18. The summed E-state index contributed by atoms with van der Waals surface area (Å²) in [5.74, 6) is 0. The number of nitrogens with one attached hydrogen (secondary N) is 1. The molecule has 1 aromatic heterocycles. The third-order valence-corrected chi connectivity index (χ3v) is 3.09. The average Bonchev–Trinajstić information content (AvgIpc) is 2.74. The molecule has 1 heterocycles. The van der Waals surface area contributed by atoms with Gasteiger partial charge in [-0.1, -0.05) is 29.8 Å². The zero-order valence-corrected chi connectivity index (χ0v) is 9.68. The van der Waals surface area contributed by atoms with Crippen molar-refractivity contribution in [1.29, 1.82) is 0 Å². The largest absolute Gasteiger partial charge is 0.309 e. The van der Waals surface area contributed by atoms with Gasteiger partial charge in [-0.25, -0.2) is 0 Å². The molecule has 0 saturated carbocycles. The van der Waals surface area contributed by atoms with Crippen molar-refractivity contribution in [1.82, 2.24) is 5.32 Å². The molecule has 2 aromatic rings. The molecule has 0 aliphatic rings.